The smallest absolute Gasteiger partial charge is 0.408 e. The zero-order chi connectivity index (χ0) is 19.7. The third-order valence-corrected chi connectivity index (χ3v) is 4.70. The van der Waals surface area contributed by atoms with Crippen molar-refractivity contribution in [1.29, 1.82) is 0 Å². The van der Waals surface area contributed by atoms with Gasteiger partial charge in [0.25, 0.3) is 0 Å². The zero-order valence-electron chi connectivity index (χ0n) is 17.1. The first kappa shape index (κ1) is 23.4. The first-order valence-corrected chi connectivity index (χ1v) is 10.5. The molecule has 2 atom stereocenters. The van der Waals surface area contributed by atoms with Gasteiger partial charge in [0.05, 0.1) is 12.8 Å². The Balaban J connectivity index is 2.39. The molecule has 154 valence electrons. The van der Waals surface area contributed by atoms with Crippen molar-refractivity contribution in [2.45, 2.75) is 71.4 Å². The summed E-state index contributed by atoms with van der Waals surface area (Å²) in [4.78, 5) is 11.6. The molecule has 0 aliphatic carbocycles. The van der Waals surface area contributed by atoms with Crippen LogP contribution in [0.25, 0.3) is 0 Å². The third kappa shape index (κ3) is 12.4. The SMILES string of the molecule is CCCCCCCCC(CNC(C)NC(=O)OCCO)Cc1ccccc1. The zero-order valence-corrected chi connectivity index (χ0v) is 17.1. The van der Waals surface area contributed by atoms with Crippen molar-refractivity contribution < 1.29 is 14.6 Å². The molecule has 1 aromatic carbocycles. The number of ether oxygens (including phenoxy) is 1. The minimum absolute atomic E-state index is 0.0210. The van der Waals surface area contributed by atoms with E-state index in [1.807, 2.05) is 6.92 Å². The molecule has 0 heterocycles. The molecule has 3 N–H and O–H groups in total. The fourth-order valence-electron chi connectivity index (χ4n) is 3.19. The van der Waals surface area contributed by atoms with Crippen LogP contribution in [-0.2, 0) is 11.2 Å². The molecule has 0 aliphatic rings. The maximum absolute atomic E-state index is 11.6. The summed E-state index contributed by atoms with van der Waals surface area (Å²) in [5.41, 5.74) is 1.36. The van der Waals surface area contributed by atoms with Gasteiger partial charge < -0.3 is 15.2 Å². The summed E-state index contributed by atoms with van der Waals surface area (Å²) in [6.07, 6.45) is 9.41. The first-order valence-electron chi connectivity index (χ1n) is 10.5. The van der Waals surface area contributed by atoms with E-state index >= 15 is 0 Å². The molecule has 0 aromatic heterocycles. The van der Waals surface area contributed by atoms with E-state index in [0.29, 0.717) is 5.92 Å². The number of hydrogen-bond acceptors (Lipinski definition) is 4. The highest BCUT2D eigenvalue weighted by molar-refractivity contribution is 5.67. The van der Waals surface area contributed by atoms with Gasteiger partial charge in [-0.1, -0.05) is 75.8 Å². The predicted molar refractivity (Wildman–Crippen MR) is 111 cm³/mol. The van der Waals surface area contributed by atoms with Crippen LogP contribution in [-0.4, -0.2) is 37.1 Å². The summed E-state index contributed by atoms with van der Waals surface area (Å²) in [5, 5.41) is 14.8. The molecule has 0 saturated carbocycles. The normalized spacial score (nSPS) is 13.1. The molecule has 0 fully saturated rings. The van der Waals surface area contributed by atoms with Crippen molar-refractivity contribution >= 4 is 6.09 Å². The Labute approximate surface area is 164 Å². The van der Waals surface area contributed by atoms with E-state index in [0.717, 1.165) is 13.0 Å². The highest BCUT2D eigenvalue weighted by Crippen LogP contribution is 2.17. The summed E-state index contributed by atoms with van der Waals surface area (Å²) < 4.78 is 4.84. The molecule has 2 unspecified atom stereocenters. The minimum atomic E-state index is -0.500. The van der Waals surface area contributed by atoms with Crippen molar-refractivity contribution in [2.24, 2.45) is 5.92 Å². The van der Waals surface area contributed by atoms with Gasteiger partial charge in [0.2, 0.25) is 0 Å². The number of amides is 1. The van der Waals surface area contributed by atoms with Gasteiger partial charge >= 0.3 is 6.09 Å². The number of hydrogen-bond donors (Lipinski definition) is 3. The highest BCUT2D eigenvalue weighted by atomic mass is 16.6. The lowest BCUT2D eigenvalue weighted by atomic mass is 9.93. The van der Waals surface area contributed by atoms with Crippen LogP contribution in [0.2, 0.25) is 0 Å². The number of carbonyl (C=O) groups excluding carboxylic acids is 1. The monoisotopic (exact) mass is 378 g/mol. The molecule has 1 amide bonds. The molecular formula is C22H38N2O3. The number of carbonyl (C=O) groups is 1. The van der Waals surface area contributed by atoms with E-state index in [1.165, 1.54) is 50.5 Å². The molecule has 0 spiro atoms. The van der Waals surface area contributed by atoms with Crippen LogP contribution in [0.3, 0.4) is 0 Å². The highest BCUT2D eigenvalue weighted by Gasteiger charge is 2.13. The average molecular weight is 379 g/mol. The van der Waals surface area contributed by atoms with Gasteiger partial charge in [0.1, 0.15) is 6.61 Å². The van der Waals surface area contributed by atoms with Crippen molar-refractivity contribution in [3.05, 3.63) is 35.9 Å². The van der Waals surface area contributed by atoms with E-state index in [9.17, 15) is 4.79 Å². The number of benzene rings is 1. The standard InChI is InChI=1S/C22H38N2O3/c1-3-4-5-6-7-9-14-21(17-20-12-10-8-11-13-20)18-23-19(2)24-22(26)27-16-15-25/h8,10-13,19,21,23,25H,3-7,9,14-18H2,1-2H3,(H,24,26). The van der Waals surface area contributed by atoms with E-state index in [2.05, 4.69) is 47.9 Å². The average Bonchev–Trinajstić information content (AvgIpc) is 2.67. The molecule has 0 bridgehead atoms. The van der Waals surface area contributed by atoms with Crippen LogP contribution in [0.4, 0.5) is 4.79 Å². The fourth-order valence-corrected chi connectivity index (χ4v) is 3.19. The summed E-state index contributed by atoms with van der Waals surface area (Å²) in [5.74, 6) is 0.538. The van der Waals surface area contributed by atoms with Crippen LogP contribution < -0.4 is 10.6 Å². The number of nitrogens with one attached hydrogen (secondary N) is 2. The van der Waals surface area contributed by atoms with E-state index in [4.69, 9.17) is 9.84 Å². The molecule has 5 nitrogen and oxygen atoms in total. The van der Waals surface area contributed by atoms with Crippen molar-refractivity contribution in [2.75, 3.05) is 19.8 Å². The summed E-state index contributed by atoms with van der Waals surface area (Å²) in [6, 6.07) is 10.6. The van der Waals surface area contributed by atoms with E-state index < -0.39 is 6.09 Å². The topological polar surface area (TPSA) is 70.6 Å². The number of rotatable bonds is 15. The third-order valence-electron chi connectivity index (χ3n) is 4.70. The van der Waals surface area contributed by atoms with Crippen LogP contribution in [0.1, 0.15) is 64.4 Å². The Bertz CT molecular complexity index is 482. The first-order chi connectivity index (χ1) is 13.2. The summed E-state index contributed by atoms with van der Waals surface area (Å²) in [6.45, 7) is 4.87. The van der Waals surface area contributed by atoms with Crippen molar-refractivity contribution in [1.82, 2.24) is 10.6 Å². The molecule has 0 radical (unpaired) electrons. The summed E-state index contributed by atoms with van der Waals surface area (Å²) in [7, 11) is 0. The number of unbranched alkanes of at least 4 members (excludes halogenated alkanes) is 5. The van der Waals surface area contributed by atoms with Crippen LogP contribution >= 0.6 is 0 Å². The van der Waals surface area contributed by atoms with Gasteiger partial charge in [0.15, 0.2) is 0 Å². The molecule has 1 aromatic rings. The molecule has 1 rings (SSSR count). The van der Waals surface area contributed by atoms with Crippen molar-refractivity contribution in [3.8, 4) is 0 Å². The maximum Gasteiger partial charge on any atom is 0.408 e. The molecular weight excluding hydrogens is 340 g/mol. The second kappa shape index (κ2) is 15.5. The van der Waals surface area contributed by atoms with E-state index in [-0.39, 0.29) is 19.4 Å². The van der Waals surface area contributed by atoms with Gasteiger partial charge in [0, 0.05) is 6.54 Å². The summed E-state index contributed by atoms with van der Waals surface area (Å²) >= 11 is 0. The Kier molecular flexibility index (Phi) is 13.4. The Hall–Kier alpha value is -1.59. The lowest BCUT2D eigenvalue weighted by molar-refractivity contribution is 0.115. The number of aliphatic hydroxyl groups is 1. The van der Waals surface area contributed by atoms with Crippen LogP contribution in [0, 0.1) is 5.92 Å². The van der Waals surface area contributed by atoms with Gasteiger partial charge in [-0.05, 0) is 31.2 Å². The van der Waals surface area contributed by atoms with Crippen molar-refractivity contribution in [3.63, 3.8) is 0 Å². The molecule has 27 heavy (non-hydrogen) atoms. The lowest BCUT2D eigenvalue weighted by Crippen LogP contribution is -2.45. The second-order valence-corrected chi connectivity index (χ2v) is 7.25. The number of alkyl carbamates (subject to hydrolysis) is 1. The Morgan fingerprint density at radius 1 is 1.11 bits per heavy atom. The van der Waals surface area contributed by atoms with Gasteiger partial charge in [-0.2, -0.15) is 0 Å². The Morgan fingerprint density at radius 2 is 1.81 bits per heavy atom. The Morgan fingerprint density at radius 3 is 2.52 bits per heavy atom. The van der Waals surface area contributed by atoms with Gasteiger partial charge in [-0.3, -0.25) is 5.32 Å². The molecule has 0 aliphatic heterocycles. The maximum atomic E-state index is 11.6. The van der Waals surface area contributed by atoms with E-state index in [1.54, 1.807) is 0 Å². The largest absolute Gasteiger partial charge is 0.447 e. The van der Waals surface area contributed by atoms with Crippen LogP contribution in [0.5, 0.6) is 0 Å². The second-order valence-electron chi connectivity index (χ2n) is 7.25. The molecule has 5 heteroatoms. The van der Waals surface area contributed by atoms with Gasteiger partial charge in [-0.15, -0.1) is 0 Å². The lowest BCUT2D eigenvalue weighted by Gasteiger charge is -2.22. The van der Waals surface area contributed by atoms with Gasteiger partial charge in [-0.25, -0.2) is 4.79 Å². The fraction of sp³-hybridized carbons (Fsp3) is 0.682. The number of aliphatic hydroxyl groups excluding tert-OH is 1. The minimum Gasteiger partial charge on any atom is -0.447 e. The quantitative estimate of drug-likeness (QED) is 0.315. The van der Waals surface area contributed by atoms with Crippen LogP contribution in [0.15, 0.2) is 30.3 Å². The molecule has 0 saturated heterocycles. The predicted octanol–water partition coefficient (Wildman–Crippen LogP) is 4.25.